The van der Waals surface area contributed by atoms with Crippen molar-refractivity contribution in [1.82, 2.24) is 0 Å². The minimum atomic E-state index is -0.454. The molecule has 0 atom stereocenters. The molecule has 0 amide bonds. The molecule has 0 N–H and O–H groups in total. The van der Waals surface area contributed by atoms with Gasteiger partial charge < -0.3 is 0 Å². The molecular formula is C70H58F2. The maximum atomic E-state index is 15.0. The molecule has 0 spiro atoms. The van der Waals surface area contributed by atoms with Crippen molar-refractivity contribution in [2.24, 2.45) is 0 Å². The van der Waals surface area contributed by atoms with Gasteiger partial charge in [-0.15, -0.1) is 0 Å². The van der Waals surface area contributed by atoms with Crippen LogP contribution >= 0.6 is 0 Å². The molecule has 0 aromatic heterocycles. The van der Waals surface area contributed by atoms with Gasteiger partial charge in [-0.2, -0.15) is 0 Å². The van der Waals surface area contributed by atoms with Crippen LogP contribution in [-0.4, -0.2) is 0 Å². The number of halogens is 2. The summed E-state index contributed by atoms with van der Waals surface area (Å²) in [5.41, 5.74) is 19.6. The van der Waals surface area contributed by atoms with Crippen LogP contribution in [-0.2, 0) is 21.7 Å². The lowest BCUT2D eigenvalue weighted by Crippen LogP contribution is -2.28. The van der Waals surface area contributed by atoms with Gasteiger partial charge in [0, 0.05) is 0 Å². The molecule has 10 aromatic carbocycles. The molecule has 0 fully saturated rings. The molecule has 2 aliphatic carbocycles. The van der Waals surface area contributed by atoms with Crippen molar-refractivity contribution in [3.63, 3.8) is 0 Å². The highest BCUT2D eigenvalue weighted by molar-refractivity contribution is 5.96. The molecule has 0 aliphatic heterocycles. The van der Waals surface area contributed by atoms with E-state index >= 15 is 0 Å². The van der Waals surface area contributed by atoms with E-state index in [1.165, 1.54) is 66.8 Å². The minimum Gasteiger partial charge on any atom is -0.207 e. The Morgan fingerprint density at radius 1 is 0.278 bits per heavy atom. The average Bonchev–Trinajstić information content (AvgIpc) is 3.87. The molecule has 0 bridgehead atoms. The molecule has 2 aliphatic rings. The van der Waals surface area contributed by atoms with Crippen LogP contribution in [0.3, 0.4) is 0 Å². The summed E-state index contributed by atoms with van der Waals surface area (Å²) >= 11 is 0. The number of hydrogen-bond donors (Lipinski definition) is 0. The first-order chi connectivity index (χ1) is 34.8. The van der Waals surface area contributed by atoms with Crippen molar-refractivity contribution in [3.05, 3.63) is 310 Å². The van der Waals surface area contributed by atoms with Crippen molar-refractivity contribution in [1.29, 1.82) is 0 Å². The first-order valence-corrected chi connectivity index (χ1v) is 25.1. The molecule has 0 unspecified atom stereocenters. The van der Waals surface area contributed by atoms with Gasteiger partial charge >= 0.3 is 0 Å². The van der Waals surface area contributed by atoms with Gasteiger partial charge in [0.1, 0.15) is 11.6 Å². The van der Waals surface area contributed by atoms with Gasteiger partial charge in [-0.1, -0.05) is 254 Å². The molecular weight excluding hydrogens is 879 g/mol. The summed E-state index contributed by atoms with van der Waals surface area (Å²) in [6.45, 7) is 12.8. The summed E-state index contributed by atoms with van der Waals surface area (Å²) in [6.07, 6.45) is 0. The van der Waals surface area contributed by atoms with Gasteiger partial charge in [-0.3, -0.25) is 0 Å². The topological polar surface area (TPSA) is 0 Å². The molecule has 0 saturated carbocycles. The van der Waals surface area contributed by atoms with Crippen molar-refractivity contribution in [2.75, 3.05) is 0 Å². The molecule has 0 radical (unpaired) electrons. The highest BCUT2D eigenvalue weighted by atomic mass is 19.1. The van der Waals surface area contributed by atoms with Crippen LogP contribution in [0.25, 0.3) is 44.5 Å². The van der Waals surface area contributed by atoms with E-state index in [1.807, 2.05) is 0 Å². The van der Waals surface area contributed by atoms with Crippen LogP contribution in [0.15, 0.2) is 243 Å². The van der Waals surface area contributed by atoms with E-state index < -0.39 is 10.8 Å². The largest absolute Gasteiger partial charge is 0.207 e. The summed E-state index contributed by atoms with van der Waals surface area (Å²) in [5.74, 6) is -0.389. The van der Waals surface area contributed by atoms with Crippen LogP contribution in [0.4, 0.5) is 8.78 Å². The van der Waals surface area contributed by atoms with Crippen LogP contribution in [0.1, 0.15) is 97.2 Å². The quantitative estimate of drug-likeness (QED) is 0.156. The van der Waals surface area contributed by atoms with Gasteiger partial charge in [0.05, 0.1) is 10.8 Å². The van der Waals surface area contributed by atoms with Crippen molar-refractivity contribution < 1.29 is 8.78 Å². The Balaban J connectivity index is 0.000000156. The van der Waals surface area contributed by atoms with Gasteiger partial charge in [0.2, 0.25) is 0 Å². The Hall–Kier alpha value is -7.94. The Bertz CT molecular complexity index is 3520. The number of fused-ring (bicyclic) bond motifs is 6. The summed E-state index contributed by atoms with van der Waals surface area (Å²) in [5, 5.41) is 0. The van der Waals surface area contributed by atoms with Crippen LogP contribution in [0.2, 0.25) is 0 Å². The van der Waals surface area contributed by atoms with Crippen LogP contribution in [0, 0.1) is 11.6 Å². The minimum absolute atomic E-state index is 0.129. The Kier molecular flexibility index (Phi) is 11.6. The number of benzene rings is 10. The molecule has 72 heavy (non-hydrogen) atoms. The van der Waals surface area contributed by atoms with Crippen molar-refractivity contribution >= 4 is 0 Å². The molecule has 2 heteroatoms. The van der Waals surface area contributed by atoms with Crippen LogP contribution < -0.4 is 0 Å². The smallest absolute Gasteiger partial charge is 0.124 e. The maximum absolute atomic E-state index is 15.0. The molecule has 12 rings (SSSR count). The summed E-state index contributed by atoms with van der Waals surface area (Å²) in [6, 6.07) is 84.6. The van der Waals surface area contributed by atoms with Gasteiger partial charge in [0.15, 0.2) is 0 Å². The van der Waals surface area contributed by atoms with E-state index in [0.29, 0.717) is 0 Å². The van der Waals surface area contributed by atoms with E-state index in [2.05, 4.69) is 260 Å². The summed E-state index contributed by atoms with van der Waals surface area (Å²) < 4.78 is 29.7. The second kappa shape index (κ2) is 18.0. The monoisotopic (exact) mass is 936 g/mol. The molecule has 352 valence electrons. The van der Waals surface area contributed by atoms with Gasteiger partial charge in [-0.05, 0) is 141 Å². The molecule has 0 saturated heterocycles. The third kappa shape index (κ3) is 7.73. The Labute approximate surface area is 424 Å². The fourth-order valence-corrected chi connectivity index (χ4v) is 11.7. The molecule has 0 heterocycles. The van der Waals surface area contributed by atoms with Crippen LogP contribution in [0.5, 0.6) is 0 Å². The second-order valence-corrected chi connectivity index (χ2v) is 21.5. The fourth-order valence-electron chi connectivity index (χ4n) is 11.7. The standard InChI is InChI=1S/2C35H29F/c1-34(2,3)27-21-24(22-28(36)23-27)29-18-12-20-32-33(29)30-17-10-11-19-31(30)35(32,25-13-6-4-7-14-25)26-15-8-5-9-16-26;1-34(2,3)28-20-25(21-29(36)23-28)24-18-19-33-31(22-24)30-16-10-11-17-32(30)35(33,26-12-6-4-7-13-26)27-14-8-5-9-15-27/h2*4-23H,1-3H3. The van der Waals surface area contributed by atoms with Crippen molar-refractivity contribution in [3.8, 4) is 44.5 Å². The van der Waals surface area contributed by atoms with E-state index in [9.17, 15) is 8.78 Å². The van der Waals surface area contributed by atoms with Gasteiger partial charge in [-0.25, -0.2) is 8.78 Å². The second-order valence-electron chi connectivity index (χ2n) is 21.5. The third-order valence-electron chi connectivity index (χ3n) is 15.1. The summed E-state index contributed by atoms with van der Waals surface area (Å²) in [4.78, 5) is 0. The lowest BCUT2D eigenvalue weighted by molar-refractivity contribution is 0.573. The fraction of sp³-hybridized carbons (Fsp3) is 0.143. The zero-order valence-electron chi connectivity index (χ0n) is 41.8. The predicted molar refractivity (Wildman–Crippen MR) is 296 cm³/mol. The molecule has 10 aromatic rings. The van der Waals surface area contributed by atoms with E-state index in [4.69, 9.17) is 0 Å². The maximum Gasteiger partial charge on any atom is 0.124 e. The summed E-state index contributed by atoms with van der Waals surface area (Å²) in [7, 11) is 0. The van der Waals surface area contributed by atoms with E-state index in [-0.39, 0.29) is 22.5 Å². The lowest BCUT2D eigenvalue weighted by Gasteiger charge is -2.34. The first-order valence-electron chi connectivity index (χ1n) is 25.1. The highest BCUT2D eigenvalue weighted by Crippen LogP contribution is 2.59. The predicted octanol–water partition coefficient (Wildman–Crippen LogP) is 18.3. The zero-order chi connectivity index (χ0) is 49.8. The number of rotatable bonds is 6. The normalized spacial score (nSPS) is 13.8. The zero-order valence-corrected chi connectivity index (χ0v) is 41.8. The van der Waals surface area contributed by atoms with E-state index in [1.54, 1.807) is 24.3 Å². The molecule has 0 nitrogen and oxygen atoms in total. The average molecular weight is 937 g/mol. The SMILES string of the molecule is CC(C)(C)c1cc(F)cc(-c2ccc3c(c2)-c2ccccc2C3(c2ccccc2)c2ccccc2)c1.CC(C)(C)c1cc(F)cc(-c2cccc3c2-c2ccccc2C3(c2ccccc2)c2ccccc2)c1. The lowest BCUT2D eigenvalue weighted by atomic mass is 9.67. The number of hydrogen-bond acceptors (Lipinski definition) is 0. The van der Waals surface area contributed by atoms with Crippen molar-refractivity contribution in [2.45, 2.75) is 63.2 Å². The highest BCUT2D eigenvalue weighted by Gasteiger charge is 2.48. The van der Waals surface area contributed by atoms with E-state index in [0.717, 1.165) is 33.4 Å². The van der Waals surface area contributed by atoms with Gasteiger partial charge in [0.25, 0.3) is 0 Å². The third-order valence-corrected chi connectivity index (χ3v) is 15.1. The first kappa shape index (κ1) is 46.4. The Morgan fingerprint density at radius 3 is 1.15 bits per heavy atom. The Morgan fingerprint density at radius 2 is 0.653 bits per heavy atom.